The molecule has 0 saturated carbocycles. The van der Waals surface area contributed by atoms with Crippen LogP contribution in [0.3, 0.4) is 0 Å². The lowest BCUT2D eigenvalue weighted by Gasteiger charge is -2.36. The third-order valence-corrected chi connectivity index (χ3v) is 7.70. The van der Waals surface area contributed by atoms with E-state index in [2.05, 4.69) is 0 Å². The Kier molecular flexibility index (Phi) is 5.08. The van der Waals surface area contributed by atoms with Gasteiger partial charge in [0.25, 0.3) is 5.91 Å². The molecule has 8 heteroatoms. The number of aromatic nitrogens is 2. The second kappa shape index (κ2) is 8.84. The lowest BCUT2D eigenvalue weighted by Crippen LogP contribution is -2.49. The predicted molar refractivity (Wildman–Crippen MR) is 137 cm³/mol. The Labute approximate surface area is 214 Å². The topological polar surface area (TPSA) is 65.8 Å². The molecule has 1 aromatic carbocycles. The Morgan fingerprint density at radius 1 is 1.40 bits per heavy atom. The lowest BCUT2D eigenvalue weighted by molar-refractivity contribution is -0.104. The Balaban J connectivity index is 1.68. The number of nitrogens with zero attached hydrogens (tertiary/aromatic N) is 3. The first-order valence-electron chi connectivity index (χ1n) is 13.1. The van der Waals surface area contributed by atoms with Gasteiger partial charge in [-0.2, -0.15) is 16.4 Å². The van der Waals surface area contributed by atoms with Crippen LogP contribution in [0.1, 0.15) is 59.8 Å². The smallest absolute Gasteiger partial charge is 0.277 e. The molecule has 1 saturated heterocycles. The van der Waals surface area contributed by atoms with Gasteiger partial charge in [0.05, 0.1) is 22.6 Å². The molecule has 0 aliphatic carbocycles. The maximum absolute atomic E-state index is 14.1. The summed E-state index contributed by atoms with van der Waals surface area (Å²) in [6, 6.07) is 5.81. The highest BCUT2D eigenvalue weighted by Crippen LogP contribution is 2.45. The van der Waals surface area contributed by atoms with Crippen LogP contribution in [0, 0.1) is 5.92 Å². The van der Waals surface area contributed by atoms with E-state index in [-0.39, 0.29) is 24.1 Å². The molecule has 2 aliphatic rings. The molecular weight excluding hydrogens is 462 g/mol. The summed E-state index contributed by atoms with van der Waals surface area (Å²) < 4.78 is 42.2. The molecule has 2 aromatic heterocycles. The largest absolute Gasteiger partial charge is 0.496 e. The number of amides is 1. The van der Waals surface area contributed by atoms with Crippen molar-refractivity contribution in [2.24, 2.45) is 5.92 Å². The number of carbonyl (C=O) groups is 1. The molecule has 0 radical (unpaired) electrons. The SMILES string of the molecule is [2H]C([2H])([2H])OC1(C)C(C)CCN1C(=O)c1nn(-c2ccsc2)c2c1COc1cc(OC)c(C=C(C)C)cc1-2. The van der Waals surface area contributed by atoms with Gasteiger partial charge in [0.15, 0.2) is 5.69 Å². The summed E-state index contributed by atoms with van der Waals surface area (Å²) in [6.07, 6.45) is 2.66. The Morgan fingerprint density at radius 3 is 2.91 bits per heavy atom. The quantitative estimate of drug-likeness (QED) is 0.449. The molecule has 2 aliphatic heterocycles. The fourth-order valence-electron chi connectivity index (χ4n) is 4.90. The first-order chi connectivity index (χ1) is 17.9. The fraction of sp³-hybridized carbons (Fsp3) is 0.407. The summed E-state index contributed by atoms with van der Waals surface area (Å²) in [6.45, 7) is 8.10. The van der Waals surface area contributed by atoms with Crippen molar-refractivity contribution in [1.29, 1.82) is 0 Å². The summed E-state index contributed by atoms with van der Waals surface area (Å²) >= 11 is 1.53. The van der Waals surface area contributed by atoms with Crippen molar-refractivity contribution in [3.8, 4) is 28.4 Å². The Hall–Kier alpha value is -3.10. The maximum atomic E-state index is 14.1. The Morgan fingerprint density at radius 2 is 2.23 bits per heavy atom. The number of carbonyl (C=O) groups excluding carboxylic acids is 1. The highest BCUT2D eigenvalue weighted by Gasteiger charge is 2.47. The monoisotopic (exact) mass is 496 g/mol. The third kappa shape index (κ3) is 3.76. The molecule has 1 fully saturated rings. The molecule has 1 amide bonds. The van der Waals surface area contributed by atoms with Crippen LogP contribution in [0.15, 0.2) is 34.5 Å². The number of rotatable bonds is 5. The van der Waals surface area contributed by atoms with Gasteiger partial charge in [0.1, 0.15) is 23.8 Å². The van der Waals surface area contributed by atoms with Crippen LogP contribution < -0.4 is 9.47 Å². The van der Waals surface area contributed by atoms with Gasteiger partial charge in [-0.1, -0.05) is 18.6 Å². The molecule has 4 heterocycles. The molecular formula is C27H31N3O4S. The average molecular weight is 497 g/mol. The number of ether oxygens (including phenoxy) is 3. The molecule has 0 spiro atoms. The van der Waals surface area contributed by atoms with E-state index in [1.54, 1.807) is 18.7 Å². The van der Waals surface area contributed by atoms with Gasteiger partial charge in [-0.05, 0) is 44.7 Å². The second-order valence-corrected chi connectivity index (χ2v) is 10.3. The molecule has 3 aromatic rings. The minimum Gasteiger partial charge on any atom is -0.496 e. The number of allylic oxidation sites excluding steroid dienone is 1. The van der Waals surface area contributed by atoms with Crippen LogP contribution in [0.2, 0.25) is 0 Å². The van der Waals surface area contributed by atoms with Gasteiger partial charge in [0.2, 0.25) is 0 Å². The normalized spacial score (nSPS) is 22.4. The summed E-state index contributed by atoms with van der Waals surface area (Å²) in [5.74, 6) is 0.782. The zero-order valence-corrected chi connectivity index (χ0v) is 21.4. The first kappa shape index (κ1) is 20.1. The van der Waals surface area contributed by atoms with Gasteiger partial charge in [0, 0.05) is 47.6 Å². The van der Waals surface area contributed by atoms with E-state index in [0.29, 0.717) is 30.0 Å². The first-order valence-corrected chi connectivity index (χ1v) is 12.5. The van der Waals surface area contributed by atoms with Crippen LogP contribution in [0.5, 0.6) is 11.5 Å². The van der Waals surface area contributed by atoms with Crippen LogP contribution in [0.25, 0.3) is 23.0 Å². The van der Waals surface area contributed by atoms with Crippen molar-refractivity contribution in [2.75, 3.05) is 20.7 Å². The zero-order chi connectivity index (χ0) is 27.4. The summed E-state index contributed by atoms with van der Waals surface area (Å²) in [7, 11) is -1.02. The van der Waals surface area contributed by atoms with Crippen molar-refractivity contribution in [3.05, 3.63) is 51.4 Å². The molecule has 35 heavy (non-hydrogen) atoms. The molecule has 2 atom stereocenters. The maximum Gasteiger partial charge on any atom is 0.277 e. The van der Waals surface area contributed by atoms with Gasteiger partial charge >= 0.3 is 0 Å². The van der Waals surface area contributed by atoms with Crippen molar-refractivity contribution in [1.82, 2.24) is 14.7 Å². The van der Waals surface area contributed by atoms with Crippen LogP contribution in [0.4, 0.5) is 0 Å². The number of thiophene rings is 1. The summed E-state index contributed by atoms with van der Waals surface area (Å²) in [5.41, 5.74) is 3.98. The third-order valence-electron chi connectivity index (χ3n) is 7.03. The molecule has 2 unspecified atom stereocenters. The van der Waals surface area contributed by atoms with E-state index in [1.807, 2.05) is 55.8 Å². The van der Waals surface area contributed by atoms with E-state index >= 15 is 0 Å². The Bertz CT molecular complexity index is 1410. The van der Waals surface area contributed by atoms with E-state index in [9.17, 15) is 4.79 Å². The fourth-order valence-corrected chi connectivity index (χ4v) is 5.51. The van der Waals surface area contributed by atoms with Crippen molar-refractivity contribution in [3.63, 3.8) is 0 Å². The molecule has 184 valence electrons. The number of hydrogen-bond acceptors (Lipinski definition) is 6. The van der Waals surface area contributed by atoms with Crippen LogP contribution in [-0.2, 0) is 11.3 Å². The van der Waals surface area contributed by atoms with Crippen molar-refractivity contribution in [2.45, 2.75) is 46.4 Å². The number of methoxy groups -OCH3 is 2. The molecule has 7 nitrogen and oxygen atoms in total. The van der Waals surface area contributed by atoms with Crippen LogP contribution >= 0.6 is 11.3 Å². The van der Waals surface area contributed by atoms with Gasteiger partial charge < -0.3 is 19.1 Å². The zero-order valence-electron chi connectivity index (χ0n) is 23.5. The number of fused-ring (bicyclic) bond motifs is 3. The molecule has 0 bridgehead atoms. The number of hydrogen-bond donors (Lipinski definition) is 0. The lowest BCUT2D eigenvalue weighted by atomic mass is 9.97. The summed E-state index contributed by atoms with van der Waals surface area (Å²) in [5, 5.41) is 8.73. The van der Waals surface area contributed by atoms with Crippen LogP contribution in [-0.4, -0.2) is 47.0 Å². The van der Waals surface area contributed by atoms with Gasteiger partial charge in [-0.25, -0.2) is 4.68 Å². The minimum absolute atomic E-state index is 0.138. The van der Waals surface area contributed by atoms with Crippen molar-refractivity contribution >= 4 is 23.3 Å². The van der Waals surface area contributed by atoms with Crippen molar-refractivity contribution < 1.29 is 23.1 Å². The van der Waals surface area contributed by atoms with E-state index in [4.69, 9.17) is 23.4 Å². The minimum atomic E-state index is -2.65. The highest BCUT2D eigenvalue weighted by atomic mass is 32.1. The predicted octanol–water partition coefficient (Wildman–Crippen LogP) is 5.77. The molecule has 5 rings (SSSR count). The number of benzene rings is 1. The second-order valence-electron chi connectivity index (χ2n) is 9.47. The summed E-state index contributed by atoms with van der Waals surface area (Å²) in [4.78, 5) is 15.6. The standard InChI is InChI=1S/C27H31N3O4S/c1-16(2)11-18-12-20-23(13-22(18)32-5)34-14-21-24(28-30(25(20)21)19-8-10-35-15-19)26(31)29-9-7-17(3)27(29,4)33-6/h8,10-13,15,17H,7,9,14H2,1-6H3/i6D3. The average Bonchev–Trinajstić information content (AvgIpc) is 3.55. The molecule has 0 N–H and O–H groups in total. The van der Waals surface area contributed by atoms with Gasteiger partial charge in [-0.3, -0.25) is 4.79 Å². The number of likely N-dealkylation sites (tertiary alicyclic amines) is 1. The van der Waals surface area contributed by atoms with Gasteiger partial charge in [-0.15, -0.1) is 0 Å². The van der Waals surface area contributed by atoms with E-state index in [1.165, 1.54) is 16.2 Å². The van der Waals surface area contributed by atoms with E-state index < -0.39 is 12.8 Å². The van der Waals surface area contributed by atoms with E-state index in [0.717, 1.165) is 28.1 Å². The highest BCUT2D eigenvalue weighted by molar-refractivity contribution is 7.08.